The SMILES string of the molecule is Oc1ccc(C(F)(F)C(F)(F)C(F)(F)C=CC(F)(F)C(F)(F)C(F)(F)c2ccc(O)cc2)cc1. The number of rotatable bonds is 8. The summed E-state index contributed by atoms with van der Waals surface area (Å²) in [5.41, 5.74) is -3.58. The van der Waals surface area contributed by atoms with Gasteiger partial charge in [-0.05, 0) is 60.7 Å². The van der Waals surface area contributed by atoms with Crippen LogP contribution in [0.5, 0.6) is 11.5 Å². The molecule has 0 radical (unpaired) electrons. The molecule has 2 aromatic carbocycles. The molecule has 0 bridgehead atoms. The lowest BCUT2D eigenvalue weighted by Crippen LogP contribution is -2.53. The van der Waals surface area contributed by atoms with Crippen LogP contribution in [-0.2, 0) is 11.8 Å². The van der Waals surface area contributed by atoms with Crippen molar-refractivity contribution in [1.82, 2.24) is 0 Å². The third kappa shape index (κ3) is 4.37. The normalized spacial score (nSPS) is 14.6. The Hall–Kier alpha value is -3.06. The van der Waals surface area contributed by atoms with Crippen LogP contribution in [0.1, 0.15) is 11.1 Å². The highest BCUT2D eigenvalue weighted by molar-refractivity contribution is 5.33. The summed E-state index contributed by atoms with van der Waals surface area (Å²) in [7, 11) is 0. The van der Waals surface area contributed by atoms with E-state index >= 15 is 0 Å². The van der Waals surface area contributed by atoms with Gasteiger partial charge in [-0.15, -0.1) is 0 Å². The number of phenolic OH excluding ortho intramolecular Hbond substituents is 2. The quantitative estimate of drug-likeness (QED) is 0.293. The summed E-state index contributed by atoms with van der Waals surface area (Å²) in [4.78, 5) is 0. The number of halogens is 12. The minimum Gasteiger partial charge on any atom is -0.508 e. The zero-order valence-corrected chi connectivity index (χ0v) is 16.2. The van der Waals surface area contributed by atoms with Gasteiger partial charge in [-0.25, -0.2) is 0 Å². The van der Waals surface area contributed by atoms with E-state index in [1.54, 1.807) is 0 Å². The van der Waals surface area contributed by atoms with Gasteiger partial charge in [0.1, 0.15) is 11.5 Å². The molecule has 188 valence electrons. The number of phenols is 2. The molecular formula is C20H12F12O2. The van der Waals surface area contributed by atoms with Gasteiger partial charge in [0.15, 0.2) is 0 Å². The fraction of sp³-hybridized carbons (Fsp3) is 0.300. The van der Waals surface area contributed by atoms with Crippen LogP contribution in [0, 0.1) is 0 Å². The van der Waals surface area contributed by atoms with Gasteiger partial charge >= 0.3 is 35.5 Å². The minimum atomic E-state index is -6.50. The topological polar surface area (TPSA) is 40.5 Å². The fourth-order valence-electron chi connectivity index (χ4n) is 2.54. The van der Waals surface area contributed by atoms with Crippen LogP contribution in [0.4, 0.5) is 52.7 Å². The van der Waals surface area contributed by atoms with E-state index in [4.69, 9.17) is 10.2 Å². The van der Waals surface area contributed by atoms with E-state index in [2.05, 4.69) is 0 Å². The molecule has 0 saturated carbocycles. The Labute approximate surface area is 182 Å². The van der Waals surface area contributed by atoms with Crippen LogP contribution >= 0.6 is 0 Å². The number of allylic oxidation sites excluding steroid dienone is 2. The molecule has 0 aromatic heterocycles. The molecule has 0 aliphatic heterocycles. The van der Waals surface area contributed by atoms with Crippen molar-refractivity contribution in [3.63, 3.8) is 0 Å². The molecule has 0 saturated heterocycles. The molecule has 0 aliphatic carbocycles. The molecule has 14 heteroatoms. The maximum Gasteiger partial charge on any atom is 0.380 e. The number of aromatic hydroxyl groups is 2. The first kappa shape index (κ1) is 27.2. The molecule has 0 heterocycles. The van der Waals surface area contributed by atoms with Crippen LogP contribution < -0.4 is 0 Å². The van der Waals surface area contributed by atoms with Gasteiger partial charge in [0, 0.05) is 11.1 Å². The predicted molar refractivity (Wildman–Crippen MR) is 92.9 cm³/mol. The Kier molecular flexibility index (Phi) is 6.64. The van der Waals surface area contributed by atoms with Gasteiger partial charge in [-0.1, -0.05) is 0 Å². The first-order chi connectivity index (χ1) is 15.2. The second-order valence-corrected chi connectivity index (χ2v) is 6.97. The van der Waals surface area contributed by atoms with E-state index in [-0.39, 0.29) is 24.3 Å². The molecule has 2 nitrogen and oxygen atoms in total. The molecule has 34 heavy (non-hydrogen) atoms. The third-order valence-corrected chi connectivity index (χ3v) is 4.59. The molecule has 0 spiro atoms. The number of alkyl halides is 12. The Morgan fingerprint density at radius 3 is 0.912 bits per heavy atom. The first-order valence-electron chi connectivity index (χ1n) is 8.77. The lowest BCUT2D eigenvalue weighted by atomic mass is 9.94. The molecule has 0 unspecified atom stereocenters. The molecule has 2 N–H and O–H groups in total. The average Bonchev–Trinajstić information content (AvgIpc) is 2.72. The van der Waals surface area contributed by atoms with Gasteiger partial charge in [0.25, 0.3) is 0 Å². The Morgan fingerprint density at radius 2 is 0.676 bits per heavy atom. The second-order valence-electron chi connectivity index (χ2n) is 6.97. The van der Waals surface area contributed by atoms with Crippen molar-refractivity contribution in [3.05, 3.63) is 71.8 Å². The summed E-state index contributed by atoms with van der Waals surface area (Å²) < 4.78 is 168. The van der Waals surface area contributed by atoms with Crippen molar-refractivity contribution in [1.29, 1.82) is 0 Å². The Bertz CT molecular complexity index is 945. The Balaban J connectivity index is 2.43. The highest BCUT2D eigenvalue weighted by Gasteiger charge is 2.73. The number of hydrogen-bond donors (Lipinski definition) is 2. The highest BCUT2D eigenvalue weighted by atomic mass is 19.4. The summed E-state index contributed by atoms with van der Waals surface area (Å²) in [6.45, 7) is 0. The summed E-state index contributed by atoms with van der Waals surface area (Å²) in [5, 5.41) is 18.0. The number of hydrogen-bond acceptors (Lipinski definition) is 2. The van der Waals surface area contributed by atoms with Gasteiger partial charge in [0.2, 0.25) is 0 Å². The van der Waals surface area contributed by atoms with Crippen molar-refractivity contribution < 1.29 is 62.9 Å². The fourth-order valence-corrected chi connectivity index (χ4v) is 2.54. The second kappa shape index (κ2) is 8.31. The monoisotopic (exact) mass is 512 g/mol. The average molecular weight is 512 g/mol. The van der Waals surface area contributed by atoms with Crippen molar-refractivity contribution in [2.75, 3.05) is 0 Å². The van der Waals surface area contributed by atoms with Crippen LogP contribution in [0.15, 0.2) is 60.7 Å². The molecule has 0 atom stereocenters. The van der Waals surface area contributed by atoms with Gasteiger partial charge in [-0.3, -0.25) is 0 Å². The van der Waals surface area contributed by atoms with Crippen LogP contribution in [0.3, 0.4) is 0 Å². The Morgan fingerprint density at radius 1 is 0.441 bits per heavy atom. The van der Waals surface area contributed by atoms with E-state index in [0.717, 1.165) is 0 Å². The minimum absolute atomic E-state index is 0.115. The highest BCUT2D eigenvalue weighted by Crippen LogP contribution is 2.54. The summed E-state index contributed by atoms with van der Waals surface area (Å²) in [5.74, 6) is -38.5. The smallest absolute Gasteiger partial charge is 0.380 e. The van der Waals surface area contributed by atoms with E-state index in [0.29, 0.717) is 24.3 Å². The summed E-state index contributed by atoms with van der Waals surface area (Å²) in [6.07, 6.45) is -3.41. The zero-order chi connectivity index (χ0) is 26.4. The first-order valence-corrected chi connectivity index (χ1v) is 8.77. The third-order valence-electron chi connectivity index (χ3n) is 4.59. The molecular weight excluding hydrogens is 500 g/mol. The van der Waals surface area contributed by atoms with E-state index < -0.39 is 70.3 Å². The van der Waals surface area contributed by atoms with Crippen molar-refractivity contribution in [3.8, 4) is 11.5 Å². The van der Waals surface area contributed by atoms with Crippen molar-refractivity contribution in [2.24, 2.45) is 0 Å². The molecule has 0 aliphatic rings. The lowest BCUT2D eigenvalue weighted by Gasteiger charge is -2.33. The predicted octanol–water partition coefficient (Wildman–Crippen LogP) is 7.08. The van der Waals surface area contributed by atoms with Gasteiger partial charge in [0.05, 0.1) is 0 Å². The maximum absolute atomic E-state index is 14.0. The lowest BCUT2D eigenvalue weighted by molar-refractivity contribution is -0.304. The van der Waals surface area contributed by atoms with Gasteiger partial charge in [-0.2, -0.15) is 52.7 Å². The van der Waals surface area contributed by atoms with Gasteiger partial charge < -0.3 is 10.2 Å². The number of benzene rings is 2. The molecule has 2 aromatic rings. The zero-order valence-electron chi connectivity index (χ0n) is 16.2. The van der Waals surface area contributed by atoms with Crippen LogP contribution in [-0.4, -0.2) is 33.9 Å². The largest absolute Gasteiger partial charge is 0.508 e. The van der Waals surface area contributed by atoms with Crippen LogP contribution in [0.2, 0.25) is 0 Å². The van der Waals surface area contributed by atoms with E-state index in [1.807, 2.05) is 0 Å². The van der Waals surface area contributed by atoms with E-state index in [1.165, 1.54) is 0 Å². The molecule has 0 fully saturated rings. The molecule has 0 amide bonds. The standard InChI is InChI=1S/C20H12F12O2/c21-15(22,19(29,30)17(25,26)11-1-5-13(33)6-2-11)9-10-16(23,24)20(31,32)18(27,28)12-3-7-14(34)8-4-12/h1-10,33-34H. The van der Waals surface area contributed by atoms with Crippen molar-refractivity contribution >= 4 is 0 Å². The van der Waals surface area contributed by atoms with Crippen LogP contribution in [0.25, 0.3) is 0 Å². The summed E-state index contributed by atoms with van der Waals surface area (Å²) in [6, 6.07) is 2.16. The maximum atomic E-state index is 14.0. The molecule has 2 rings (SSSR count). The van der Waals surface area contributed by atoms with Crippen molar-refractivity contribution in [2.45, 2.75) is 35.5 Å². The summed E-state index contributed by atoms with van der Waals surface area (Å²) >= 11 is 0. The van der Waals surface area contributed by atoms with E-state index in [9.17, 15) is 52.7 Å².